The second kappa shape index (κ2) is 14.0. The van der Waals surface area contributed by atoms with E-state index < -0.39 is 28.5 Å². The first kappa shape index (κ1) is 29.9. The van der Waals surface area contributed by atoms with Gasteiger partial charge < -0.3 is 10.2 Å². The molecule has 2 amide bonds. The van der Waals surface area contributed by atoms with E-state index in [1.807, 2.05) is 13.8 Å². The van der Waals surface area contributed by atoms with Gasteiger partial charge in [0.1, 0.15) is 12.6 Å². The van der Waals surface area contributed by atoms with Crippen molar-refractivity contribution in [2.24, 2.45) is 0 Å². The van der Waals surface area contributed by atoms with Crippen LogP contribution in [0.3, 0.4) is 0 Å². The Morgan fingerprint density at radius 3 is 2.16 bits per heavy atom. The fourth-order valence-electron chi connectivity index (χ4n) is 3.93. The number of rotatable bonds is 12. The van der Waals surface area contributed by atoms with Crippen molar-refractivity contribution in [3.05, 3.63) is 93.0 Å². The Bertz CT molecular complexity index is 1320. The van der Waals surface area contributed by atoms with E-state index in [0.29, 0.717) is 23.7 Å². The molecular formula is C28H31ClIN3O4S. The van der Waals surface area contributed by atoms with Gasteiger partial charge in [-0.15, -0.1) is 0 Å². The summed E-state index contributed by atoms with van der Waals surface area (Å²) in [6.07, 6.45) is 1.12. The van der Waals surface area contributed by atoms with Crippen LogP contribution in [0.1, 0.15) is 32.3 Å². The minimum atomic E-state index is -4.08. The fraction of sp³-hybridized carbons (Fsp3) is 0.286. The Labute approximate surface area is 243 Å². The van der Waals surface area contributed by atoms with Gasteiger partial charge in [0, 0.05) is 21.7 Å². The number of sulfonamides is 1. The van der Waals surface area contributed by atoms with Gasteiger partial charge in [-0.2, -0.15) is 0 Å². The third-order valence-corrected chi connectivity index (χ3v) is 8.69. The zero-order chi connectivity index (χ0) is 27.7. The topological polar surface area (TPSA) is 86.8 Å². The van der Waals surface area contributed by atoms with E-state index in [-0.39, 0.29) is 17.3 Å². The third-order valence-electron chi connectivity index (χ3n) is 5.93. The Kier molecular flexibility index (Phi) is 11.0. The first-order chi connectivity index (χ1) is 18.2. The van der Waals surface area contributed by atoms with Crippen LogP contribution in [0.2, 0.25) is 5.02 Å². The summed E-state index contributed by atoms with van der Waals surface area (Å²) >= 11 is 8.18. The molecule has 0 aliphatic rings. The van der Waals surface area contributed by atoms with E-state index in [1.165, 1.54) is 17.0 Å². The Balaban J connectivity index is 2.02. The first-order valence-corrected chi connectivity index (χ1v) is 15.2. The van der Waals surface area contributed by atoms with E-state index in [9.17, 15) is 18.0 Å². The number of nitrogens with one attached hydrogen (secondary N) is 1. The summed E-state index contributed by atoms with van der Waals surface area (Å²) in [5, 5.41) is 3.43. The molecule has 0 spiro atoms. The van der Waals surface area contributed by atoms with Crippen molar-refractivity contribution in [3.63, 3.8) is 0 Å². The molecule has 10 heteroatoms. The minimum absolute atomic E-state index is 0.0725. The van der Waals surface area contributed by atoms with E-state index in [2.05, 4.69) is 27.9 Å². The quantitative estimate of drug-likeness (QED) is 0.260. The molecule has 202 valence electrons. The van der Waals surface area contributed by atoms with Crippen LogP contribution in [0.25, 0.3) is 0 Å². The van der Waals surface area contributed by atoms with Gasteiger partial charge in [-0.25, -0.2) is 8.42 Å². The summed E-state index contributed by atoms with van der Waals surface area (Å²) in [6, 6.07) is 21.1. The molecule has 0 aliphatic carbocycles. The van der Waals surface area contributed by atoms with E-state index in [4.69, 9.17) is 11.6 Å². The van der Waals surface area contributed by atoms with Crippen LogP contribution in [0.4, 0.5) is 5.69 Å². The van der Waals surface area contributed by atoms with Crippen LogP contribution in [0.5, 0.6) is 0 Å². The summed E-state index contributed by atoms with van der Waals surface area (Å²) in [6.45, 7) is 3.92. The maximum atomic E-state index is 13.9. The molecule has 3 aromatic carbocycles. The number of amides is 2. The summed E-state index contributed by atoms with van der Waals surface area (Å²) < 4.78 is 29.5. The summed E-state index contributed by atoms with van der Waals surface area (Å²) in [5.41, 5.74) is 1.13. The molecule has 0 bridgehead atoms. The molecule has 3 aromatic rings. The van der Waals surface area contributed by atoms with E-state index in [1.54, 1.807) is 66.7 Å². The summed E-state index contributed by atoms with van der Waals surface area (Å²) in [5.74, 6) is -0.764. The molecule has 7 nitrogen and oxygen atoms in total. The molecule has 0 aliphatic heterocycles. The van der Waals surface area contributed by atoms with Gasteiger partial charge in [-0.05, 0) is 89.5 Å². The monoisotopic (exact) mass is 667 g/mol. The SMILES string of the molecule is CCCNC(=O)C(CC)N(Cc1ccc(Cl)cc1)C(=O)CN(c1ccc(I)cc1)S(=O)(=O)c1ccccc1. The van der Waals surface area contributed by atoms with Gasteiger partial charge in [0.15, 0.2) is 0 Å². The van der Waals surface area contributed by atoms with Gasteiger partial charge in [0.05, 0.1) is 10.6 Å². The molecule has 38 heavy (non-hydrogen) atoms. The van der Waals surface area contributed by atoms with Crippen molar-refractivity contribution in [1.82, 2.24) is 10.2 Å². The smallest absolute Gasteiger partial charge is 0.264 e. The van der Waals surface area contributed by atoms with Gasteiger partial charge in [-0.3, -0.25) is 13.9 Å². The average Bonchev–Trinajstić information content (AvgIpc) is 2.92. The second-order valence-corrected chi connectivity index (χ2v) is 12.2. The molecule has 1 atom stereocenters. The number of hydrogen-bond acceptors (Lipinski definition) is 4. The highest BCUT2D eigenvalue weighted by molar-refractivity contribution is 14.1. The van der Waals surface area contributed by atoms with Gasteiger partial charge in [0.2, 0.25) is 11.8 Å². The van der Waals surface area contributed by atoms with Crippen molar-refractivity contribution in [1.29, 1.82) is 0 Å². The zero-order valence-corrected chi connectivity index (χ0v) is 25.0. The van der Waals surface area contributed by atoms with Crippen LogP contribution in [-0.4, -0.2) is 44.3 Å². The number of halogens is 2. The predicted octanol–water partition coefficient (Wildman–Crippen LogP) is 5.47. The van der Waals surface area contributed by atoms with E-state index in [0.717, 1.165) is 19.9 Å². The second-order valence-electron chi connectivity index (χ2n) is 8.66. The minimum Gasteiger partial charge on any atom is -0.354 e. The standard InChI is InChI=1S/C28H31ClIN3O4S/c1-3-18-31-28(35)26(4-2)32(19-21-10-12-22(29)13-11-21)27(34)20-33(24-16-14-23(30)15-17-24)38(36,37)25-8-6-5-7-9-25/h5-17,26H,3-4,18-20H2,1-2H3,(H,31,35). The Morgan fingerprint density at radius 1 is 0.947 bits per heavy atom. The molecule has 0 fully saturated rings. The number of carbonyl (C=O) groups excluding carboxylic acids is 2. The molecule has 3 rings (SSSR count). The number of hydrogen-bond donors (Lipinski definition) is 1. The number of anilines is 1. The third kappa shape index (κ3) is 7.70. The largest absolute Gasteiger partial charge is 0.354 e. The van der Waals surface area contributed by atoms with Crippen molar-refractivity contribution < 1.29 is 18.0 Å². The maximum absolute atomic E-state index is 13.9. The molecule has 0 saturated heterocycles. The van der Waals surface area contributed by atoms with Crippen LogP contribution < -0.4 is 9.62 Å². The van der Waals surface area contributed by atoms with Crippen molar-refractivity contribution in [2.75, 3.05) is 17.4 Å². The highest BCUT2D eigenvalue weighted by Gasteiger charge is 2.33. The zero-order valence-electron chi connectivity index (χ0n) is 21.3. The average molecular weight is 668 g/mol. The highest BCUT2D eigenvalue weighted by Crippen LogP contribution is 2.25. The van der Waals surface area contributed by atoms with Crippen LogP contribution in [0.15, 0.2) is 83.8 Å². The lowest BCUT2D eigenvalue weighted by atomic mass is 10.1. The van der Waals surface area contributed by atoms with Crippen molar-refractivity contribution >= 4 is 61.7 Å². The molecule has 0 aromatic heterocycles. The Hall–Kier alpha value is -2.63. The molecule has 1 N–H and O–H groups in total. The van der Waals surface area contributed by atoms with E-state index >= 15 is 0 Å². The maximum Gasteiger partial charge on any atom is 0.264 e. The summed E-state index contributed by atoms with van der Waals surface area (Å²) in [4.78, 5) is 28.5. The summed E-state index contributed by atoms with van der Waals surface area (Å²) in [7, 11) is -4.08. The number of benzene rings is 3. The van der Waals surface area contributed by atoms with Crippen molar-refractivity contribution in [3.8, 4) is 0 Å². The molecule has 1 unspecified atom stereocenters. The van der Waals surface area contributed by atoms with Crippen LogP contribution in [0, 0.1) is 3.57 Å². The lowest BCUT2D eigenvalue weighted by molar-refractivity contribution is -0.140. The van der Waals surface area contributed by atoms with Gasteiger partial charge >= 0.3 is 0 Å². The lowest BCUT2D eigenvalue weighted by Gasteiger charge is -2.33. The highest BCUT2D eigenvalue weighted by atomic mass is 127. The molecule has 0 saturated carbocycles. The molecule has 0 heterocycles. The predicted molar refractivity (Wildman–Crippen MR) is 160 cm³/mol. The number of carbonyl (C=O) groups is 2. The fourth-order valence-corrected chi connectivity index (χ4v) is 5.85. The Morgan fingerprint density at radius 2 is 1.58 bits per heavy atom. The normalized spacial score (nSPS) is 12.0. The number of nitrogens with zero attached hydrogens (tertiary/aromatic N) is 2. The first-order valence-electron chi connectivity index (χ1n) is 12.3. The lowest BCUT2D eigenvalue weighted by Crippen LogP contribution is -2.52. The molecular weight excluding hydrogens is 637 g/mol. The van der Waals surface area contributed by atoms with Gasteiger partial charge in [-0.1, -0.05) is 55.8 Å². The molecule has 0 radical (unpaired) electrons. The van der Waals surface area contributed by atoms with Crippen molar-refractivity contribution in [2.45, 2.75) is 44.2 Å². The van der Waals surface area contributed by atoms with Crippen LogP contribution >= 0.6 is 34.2 Å². The van der Waals surface area contributed by atoms with Gasteiger partial charge in [0.25, 0.3) is 10.0 Å². The van der Waals surface area contributed by atoms with Crippen LogP contribution in [-0.2, 0) is 26.2 Å².